The average Bonchev–Trinajstić information content (AvgIpc) is 2.45. The van der Waals surface area contributed by atoms with Crippen LogP contribution in [0.5, 0.6) is 5.75 Å². The molecule has 0 aliphatic rings. The van der Waals surface area contributed by atoms with Crippen molar-refractivity contribution >= 4 is 24.0 Å². The minimum absolute atomic E-state index is 0.102. The zero-order chi connectivity index (χ0) is 16.5. The summed E-state index contributed by atoms with van der Waals surface area (Å²) in [6, 6.07) is 4.42. The highest BCUT2D eigenvalue weighted by molar-refractivity contribution is 6.30. The van der Waals surface area contributed by atoms with E-state index in [4.69, 9.17) is 31.4 Å². The van der Waals surface area contributed by atoms with E-state index in [0.29, 0.717) is 17.0 Å². The average molecular weight is 332 g/mol. The van der Waals surface area contributed by atoms with Crippen molar-refractivity contribution < 1.29 is 29.4 Å². The Morgan fingerprint density at radius 3 is 2.77 bits per heavy atom. The summed E-state index contributed by atoms with van der Waals surface area (Å²) in [6.45, 7) is 2.11. The molecule has 22 heavy (non-hydrogen) atoms. The first kappa shape index (κ1) is 18.2. The number of nitrogens with zero attached hydrogens (tertiary/aromatic N) is 1. The van der Waals surface area contributed by atoms with E-state index < -0.39 is 12.3 Å². The molecule has 1 unspecified atom stereocenters. The van der Waals surface area contributed by atoms with Gasteiger partial charge in [0.15, 0.2) is 0 Å². The van der Waals surface area contributed by atoms with Crippen molar-refractivity contribution in [2.75, 3.05) is 6.61 Å². The van der Waals surface area contributed by atoms with Gasteiger partial charge >= 0.3 is 5.97 Å². The number of amides is 1. The van der Waals surface area contributed by atoms with Crippen LogP contribution in [-0.2, 0) is 20.9 Å². The van der Waals surface area contributed by atoms with Crippen LogP contribution in [0.4, 0.5) is 0 Å². The lowest BCUT2D eigenvalue weighted by Gasteiger charge is -2.17. The van der Waals surface area contributed by atoms with Gasteiger partial charge in [0.2, 0.25) is 6.41 Å². The number of hydrogen-bond acceptors (Lipinski definition) is 5. The molecule has 0 saturated carbocycles. The monoisotopic (exact) mass is 331 g/mol. The molecule has 1 aromatic rings. The van der Waals surface area contributed by atoms with Crippen molar-refractivity contribution in [2.24, 2.45) is 0 Å². The number of carboxylic acids is 1. The summed E-state index contributed by atoms with van der Waals surface area (Å²) in [5.74, 6) is -1.08. The molecular formula is C14H18ClNO6. The molecule has 1 rings (SSSR count). The van der Waals surface area contributed by atoms with Gasteiger partial charge in [0, 0.05) is 5.02 Å². The molecule has 0 spiro atoms. The zero-order valence-electron chi connectivity index (χ0n) is 12.1. The van der Waals surface area contributed by atoms with Crippen LogP contribution in [-0.4, -0.2) is 40.7 Å². The summed E-state index contributed by atoms with van der Waals surface area (Å²) in [5.41, 5.74) is 0.481. The number of carbonyl (C=O) groups excluding carboxylic acids is 1. The largest absolute Gasteiger partial charge is 0.477 e. The molecule has 8 heteroatoms. The molecule has 1 amide bonds. The van der Waals surface area contributed by atoms with Crippen molar-refractivity contribution in [2.45, 2.75) is 32.6 Å². The number of carboxylic acid groups (broad SMARTS) is 1. The van der Waals surface area contributed by atoms with E-state index in [1.54, 1.807) is 0 Å². The maximum Gasteiger partial charge on any atom is 0.373 e. The summed E-state index contributed by atoms with van der Waals surface area (Å²) in [7, 11) is 0. The Balaban J connectivity index is 2.80. The number of benzene rings is 1. The van der Waals surface area contributed by atoms with Crippen molar-refractivity contribution in [1.29, 1.82) is 0 Å². The molecule has 0 radical (unpaired) electrons. The van der Waals surface area contributed by atoms with Gasteiger partial charge in [0.05, 0.1) is 13.2 Å². The second-order valence-electron chi connectivity index (χ2n) is 4.51. The maximum absolute atomic E-state index is 11.1. The minimum atomic E-state index is -1.45. The van der Waals surface area contributed by atoms with E-state index in [1.807, 2.05) is 6.92 Å². The normalized spacial score (nSPS) is 11.8. The molecule has 2 N–H and O–H groups in total. The van der Waals surface area contributed by atoms with Gasteiger partial charge in [-0.3, -0.25) is 10.0 Å². The summed E-state index contributed by atoms with van der Waals surface area (Å²) >= 11 is 5.91. The lowest BCUT2D eigenvalue weighted by atomic mass is 10.2. The molecule has 0 heterocycles. The lowest BCUT2D eigenvalue weighted by molar-refractivity contribution is -0.171. The Morgan fingerprint density at radius 2 is 2.18 bits per heavy atom. The van der Waals surface area contributed by atoms with E-state index in [2.05, 4.69) is 0 Å². The third-order valence-electron chi connectivity index (χ3n) is 2.61. The highest BCUT2D eigenvalue weighted by Crippen LogP contribution is 2.23. The van der Waals surface area contributed by atoms with Crippen LogP contribution in [0.1, 0.15) is 25.3 Å². The molecule has 122 valence electrons. The fourth-order valence-electron chi connectivity index (χ4n) is 1.62. The third-order valence-corrected chi connectivity index (χ3v) is 2.83. The molecule has 0 aliphatic heterocycles. The fraction of sp³-hybridized carbons (Fsp3) is 0.429. The first-order chi connectivity index (χ1) is 10.5. The summed E-state index contributed by atoms with van der Waals surface area (Å²) < 4.78 is 10.4. The predicted octanol–water partition coefficient (Wildman–Crippen LogP) is 2.29. The van der Waals surface area contributed by atoms with Crippen LogP contribution in [0, 0.1) is 0 Å². The van der Waals surface area contributed by atoms with E-state index in [-0.39, 0.29) is 30.3 Å². The predicted molar refractivity (Wildman–Crippen MR) is 77.8 cm³/mol. The third kappa shape index (κ3) is 6.30. The van der Waals surface area contributed by atoms with E-state index >= 15 is 0 Å². The second kappa shape index (κ2) is 9.24. The Kier molecular flexibility index (Phi) is 7.65. The summed E-state index contributed by atoms with van der Waals surface area (Å²) in [4.78, 5) is 21.5. The first-order valence-electron chi connectivity index (χ1n) is 6.67. The van der Waals surface area contributed by atoms with Gasteiger partial charge in [0.1, 0.15) is 5.75 Å². The van der Waals surface area contributed by atoms with Gasteiger partial charge < -0.3 is 14.6 Å². The van der Waals surface area contributed by atoms with Gasteiger partial charge in [-0.25, -0.2) is 9.86 Å². The number of ether oxygens (including phenoxy) is 2. The Labute approximate surface area is 133 Å². The smallest absolute Gasteiger partial charge is 0.373 e. The minimum Gasteiger partial charge on any atom is -0.477 e. The summed E-state index contributed by atoms with van der Waals surface area (Å²) in [6.07, 6.45) is 0.377. The lowest BCUT2D eigenvalue weighted by Crippen LogP contribution is -2.30. The van der Waals surface area contributed by atoms with Crippen molar-refractivity contribution in [1.82, 2.24) is 5.06 Å². The number of hydrogen-bond donors (Lipinski definition) is 2. The van der Waals surface area contributed by atoms with Crippen LogP contribution in [0.2, 0.25) is 5.02 Å². The van der Waals surface area contributed by atoms with E-state index in [0.717, 1.165) is 6.42 Å². The van der Waals surface area contributed by atoms with Gasteiger partial charge in [-0.2, -0.15) is 0 Å². The quantitative estimate of drug-likeness (QED) is 0.224. The Morgan fingerprint density at radius 1 is 1.45 bits per heavy atom. The standard InChI is InChI=1S/C14H18ClNO6/c1-2-3-4-21-14(13(18)19)22-12-6-10(5-11(15)7-12)8-16(20)9-17/h5-7,9,14,20H,2-4,8H2,1H3,(H,18,19). The number of aliphatic carboxylic acids is 1. The van der Waals surface area contributed by atoms with E-state index in [1.165, 1.54) is 18.2 Å². The van der Waals surface area contributed by atoms with Crippen LogP contribution < -0.4 is 4.74 Å². The molecule has 0 saturated heterocycles. The van der Waals surface area contributed by atoms with Crippen LogP contribution in [0.3, 0.4) is 0 Å². The molecule has 0 aliphatic carbocycles. The molecule has 0 fully saturated rings. The molecule has 0 bridgehead atoms. The molecule has 1 aromatic carbocycles. The van der Waals surface area contributed by atoms with Crippen molar-refractivity contribution in [3.63, 3.8) is 0 Å². The highest BCUT2D eigenvalue weighted by atomic mass is 35.5. The van der Waals surface area contributed by atoms with Gasteiger partial charge in [-0.05, 0) is 30.2 Å². The maximum atomic E-state index is 11.1. The summed E-state index contributed by atoms with van der Waals surface area (Å²) in [5, 5.41) is 19.0. The van der Waals surface area contributed by atoms with Crippen molar-refractivity contribution in [3.8, 4) is 5.75 Å². The number of rotatable bonds is 10. The molecule has 7 nitrogen and oxygen atoms in total. The SMILES string of the molecule is CCCCOC(Oc1cc(Cl)cc(CN(O)C=O)c1)C(=O)O. The van der Waals surface area contributed by atoms with Gasteiger partial charge in [0.25, 0.3) is 6.29 Å². The highest BCUT2D eigenvalue weighted by Gasteiger charge is 2.20. The van der Waals surface area contributed by atoms with Gasteiger partial charge in [-0.1, -0.05) is 24.9 Å². The first-order valence-corrected chi connectivity index (χ1v) is 7.05. The molecule has 1 atom stereocenters. The number of carbonyl (C=O) groups is 2. The molecule has 0 aromatic heterocycles. The fourth-order valence-corrected chi connectivity index (χ4v) is 1.87. The van der Waals surface area contributed by atoms with Crippen LogP contribution >= 0.6 is 11.6 Å². The topological polar surface area (TPSA) is 96.3 Å². The van der Waals surface area contributed by atoms with Crippen molar-refractivity contribution in [3.05, 3.63) is 28.8 Å². The Bertz CT molecular complexity index is 510. The second-order valence-corrected chi connectivity index (χ2v) is 4.95. The molecular weight excluding hydrogens is 314 g/mol. The van der Waals surface area contributed by atoms with Crippen LogP contribution in [0.15, 0.2) is 18.2 Å². The number of halogens is 1. The zero-order valence-corrected chi connectivity index (χ0v) is 12.8. The van der Waals surface area contributed by atoms with E-state index in [9.17, 15) is 9.59 Å². The van der Waals surface area contributed by atoms with Crippen LogP contribution in [0.25, 0.3) is 0 Å². The Hall–Kier alpha value is -1.83. The number of unbranched alkanes of at least 4 members (excludes halogenated alkanes) is 1. The van der Waals surface area contributed by atoms with Gasteiger partial charge in [-0.15, -0.1) is 0 Å². The number of hydroxylamine groups is 2.